The third-order valence-electron chi connectivity index (χ3n) is 3.66. The molecule has 0 saturated carbocycles. The van der Waals surface area contributed by atoms with E-state index in [0.717, 1.165) is 31.9 Å². The molecule has 0 aliphatic carbocycles. The predicted molar refractivity (Wildman–Crippen MR) is 84.8 cm³/mol. The average molecular weight is 304 g/mol. The standard InChI is InChI=1S/C15H20N4OS/c1-20-15-14(16-6-7-17-15)18-12-4-2-8-19(10-12)11-13-5-3-9-21-13/h3,5-7,9,12H,2,4,8,10-11H2,1H3,(H,16,18). The maximum atomic E-state index is 5.25. The highest BCUT2D eigenvalue weighted by Crippen LogP contribution is 2.22. The summed E-state index contributed by atoms with van der Waals surface area (Å²) in [7, 11) is 1.62. The van der Waals surface area contributed by atoms with E-state index < -0.39 is 0 Å². The van der Waals surface area contributed by atoms with Crippen molar-refractivity contribution in [3.63, 3.8) is 0 Å². The Hall–Kier alpha value is -1.66. The van der Waals surface area contributed by atoms with Crippen molar-refractivity contribution in [3.05, 3.63) is 34.8 Å². The zero-order valence-corrected chi connectivity index (χ0v) is 13.0. The summed E-state index contributed by atoms with van der Waals surface area (Å²) in [4.78, 5) is 12.4. The number of ether oxygens (including phenoxy) is 1. The Bertz CT molecular complexity index is 561. The van der Waals surface area contributed by atoms with Gasteiger partial charge in [0, 0.05) is 36.4 Å². The van der Waals surface area contributed by atoms with Gasteiger partial charge in [-0.15, -0.1) is 11.3 Å². The zero-order valence-electron chi connectivity index (χ0n) is 12.2. The number of aromatic nitrogens is 2. The number of nitrogens with zero attached hydrogens (tertiary/aromatic N) is 3. The van der Waals surface area contributed by atoms with Gasteiger partial charge in [0.2, 0.25) is 0 Å². The van der Waals surface area contributed by atoms with Crippen LogP contribution < -0.4 is 10.1 Å². The second-order valence-electron chi connectivity index (χ2n) is 5.21. The van der Waals surface area contributed by atoms with E-state index in [0.29, 0.717) is 11.9 Å². The minimum absolute atomic E-state index is 0.393. The highest BCUT2D eigenvalue weighted by Gasteiger charge is 2.21. The summed E-state index contributed by atoms with van der Waals surface area (Å²) < 4.78 is 5.25. The molecule has 1 aliphatic rings. The van der Waals surface area contributed by atoms with Gasteiger partial charge in [0.25, 0.3) is 5.88 Å². The molecule has 1 N–H and O–H groups in total. The Kier molecular flexibility index (Phi) is 4.67. The number of likely N-dealkylation sites (tertiary alicyclic amines) is 1. The number of piperidine rings is 1. The second kappa shape index (κ2) is 6.87. The van der Waals surface area contributed by atoms with Crippen LogP contribution in [-0.4, -0.2) is 41.1 Å². The Labute approximate surface area is 129 Å². The van der Waals surface area contributed by atoms with E-state index in [1.807, 2.05) is 11.3 Å². The van der Waals surface area contributed by atoms with Crippen molar-refractivity contribution in [2.24, 2.45) is 0 Å². The van der Waals surface area contributed by atoms with Crippen LogP contribution in [0.25, 0.3) is 0 Å². The third-order valence-corrected chi connectivity index (χ3v) is 4.53. The lowest BCUT2D eigenvalue weighted by Crippen LogP contribution is -2.41. The zero-order chi connectivity index (χ0) is 14.5. The molecule has 0 spiro atoms. The van der Waals surface area contributed by atoms with Gasteiger partial charge in [0.05, 0.1) is 7.11 Å². The molecule has 0 radical (unpaired) electrons. The van der Waals surface area contributed by atoms with E-state index in [4.69, 9.17) is 4.74 Å². The van der Waals surface area contributed by atoms with Crippen LogP contribution >= 0.6 is 11.3 Å². The number of hydrogen-bond acceptors (Lipinski definition) is 6. The molecule has 3 heterocycles. The molecule has 1 aliphatic heterocycles. The molecular weight excluding hydrogens is 284 g/mol. The summed E-state index contributed by atoms with van der Waals surface area (Å²) in [6.07, 6.45) is 5.69. The summed E-state index contributed by atoms with van der Waals surface area (Å²) in [5.74, 6) is 1.30. The van der Waals surface area contributed by atoms with Crippen LogP contribution in [0.5, 0.6) is 5.88 Å². The monoisotopic (exact) mass is 304 g/mol. The molecule has 1 fully saturated rings. The summed E-state index contributed by atoms with van der Waals surface area (Å²) >= 11 is 1.82. The van der Waals surface area contributed by atoms with Gasteiger partial charge in [-0.25, -0.2) is 9.97 Å². The molecular formula is C15H20N4OS. The first-order valence-electron chi connectivity index (χ1n) is 7.21. The summed E-state index contributed by atoms with van der Waals surface area (Å²) in [5, 5.41) is 5.61. The van der Waals surface area contributed by atoms with E-state index >= 15 is 0 Å². The third kappa shape index (κ3) is 3.71. The number of nitrogens with one attached hydrogen (secondary N) is 1. The van der Waals surface area contributed by atoms with Gasteiger partial charge in [-0.3, -0.25) is 4.90 Å². The van der Waals surface area contributed by atoms with E-state index in [1.165, 1.54) is 11.3 Å². The van der Waals surface area contributed by atoms with E-state index in [1.54, 1.807) is 19.5 Å². The van der Waals surface area contributed by atoms with Crippen LogP contribution in [0.2, 0.25) is 0 Å². The second-order valence-corrected chi connectivity index (χ2v) is 6.24. The first kappa shape index (κ1) is 14.3. The molecule has 112 valence electrons. The minimum Gasteiger partial charge on any atom is -0.478 e. The van der Waals surface area contributed by atoms with Crippen molar-refractivity contribution in [1.29, 1.82) is 0 Å². The summed E-state index contributed by atoms with van der Waals surface area (Å²) in [5.41, 5.74) is 0. The Balaban J connectivity index is 1.60. The van der Waals surface area contributed by atoms with Crippen molar-refractivity contribution in [3.8, 4) is 5.88 Å². The smallest absolute Gasteiger partial charge is 0.257 e. The fourth-order valence-electron chi connectivity index (χ4n) is 2.71. The summed E-state index contributed by atoms with van der Waals surface area (Å²) in [6.45, 7) is 3.22. The normalized spacial score (nSPS) is 19.4. The van der Waals surface area contributed by atoms with Crippen LogP contribution in [0.3, 0.4) is 0 Å². The predicted octanol–water partition coefficient (Wildman–Crippen LogP) is 2.62. The van der Waals surface area contributed by atoms with Crippen molar-refractivity contribution in [2.75, 3.05) is 25.5 Å². The largest absolute Gasteiger partial charge is 0.478 e. The molecule has 0 bridgehead atoms. The van der Waals surface area contributed by atoms with Crippen molar-refractivity contribution >= 4 is 17.2 Å². The van der Waals surface area contributed by atoms with E-state index in [2.05, 4.69) is 37.7 Å². The lowest BCUT2D eigenvalue weighted by Gasteiger charge is -2.33. The maximum Gasteiger partial charge on any atom is 0.257 e. The fraction of sp³-hybridized carbons (Fsp3) is 0.467. The Morgan fingerprint density at radius 2 is 2.33 bits per heavy atom. The Morgan fingerprint density at radius 1 is 1.43 bits per heavy atom. The first-order valence-corrected chi connectivity index (χ1v) is 8.09. The molecule has 2 aromatic heterocycles. The molecule has 1 unspecified atom stereocenters. The average Bonchev–Trinajstić information content (AvgIpc) is 3.01. The van der Waals surface area contributed by atoms with Crippen LogP contribution in [0.1, 0.15) is 17.7 Å². The topological polar surface area (TPSA) is 50.3 Å². The highest BCUT2D eigenvalue weighted by atomic mass is 32.1. The van der Waals surface area contributed by atoms with Crippen LogP contribution in [-0.2, 0) is 6.54 Å². The quantitative estimate of drug-likeness (QED) is 0.920. The van der Waals surface area contributed by atoms with Crippen LogP contribution in [0.15, 0.2) is 29.9 Å². The lowest BCUT2D eigenvalue weighted by atomic mass is 10.1. The first-order chi connectivity index (χ1) is 10.3. The van der Waals surface area contributed by atoms with Gasteiger partial charge in [-0.05, 0) is 30.8 Å². The van der Waals surface area contributed by atoms with Gasteiger partial charge >= 0.3 is 0 Å². The number of thiophene rings is 1. The molecule has 1 saturated heterocycles. The van der Waals surface area contributed by atoms with Gasteiger partial charge in [0.15, 0.2) is 5.82 Å². The van der Waals surface area contributed by atoms with Crippen LogP contribution in [0.4, 0.5) is 5.82 Å². The lowest BCUT2D eigenvalue weighted by molar-refractivity contribution is 0.210. The number of methoxy groups -OCH3 is 1. The number of rotatable bonds is 5. The molecule has 2 aromatic rings. The molecule has 3 rings (SSSR count). The molecule has 0 aromatic carbocycles. The maximum absolute atomic E-state index is 5.25. The van der Waals surface area contributed by atoms with Crippen LogP contribution in [0, 0.1) is 0 Å². The fourth-order valence-corrected chi connectivity index (χ4v) is 3.45. The molecule has 5 nitrogen and oxygen atoms in total. The minimum atomic E-state index is 0.393. The Morgan fingerprint density at radius 3 is 3.14 bits per heavy atom. The van der Waals surface area contributed by atoms with Gasteiger partial charge < -0.3 is 10.1 Å². The molecule has 1 atom stereocenters. The van der Waals surface area contributed by atoms with Crippen molar-refractivity contribution in [2.45, 2.75) is 25.4 Å². The summed E-state index contributed by atoms with van der Waals surface area (Å²) in [6, 6.07) is 4.71. The number of anilines is 1. The SMILES string of the molecule is COc1nccnc1NC1CCCN(Cc2cccs2)C1. The van der Waals surface area contributed by atoms with Gasteiger partial charge in [-0.2, -0.15) is 0 Å². The number of hydrogen-bond donors (Lipinski definition) is 1. The molecule has 6 heteroatoms. The van der Waals surface area contributed by atoms with E-state index in [9.17, 15) is 0 Å². The van der Waals surface area contributed by atoms with Gasteiger partial charge in [0.1, 0.15) is 0 Å². The van der Waals surface area contributed by atoms with Gasteiger partial charge in [-0.1, -0.05) is 6.07 Å². The highest BCUT2D eigenvalue weighted by molar-refractivity contribution is 7.09. The van der Waals surface area contributed by atoms with E-state index in [-0.39, 0.29) is 0 Å². The molecule has 0 amide bonds. The van der Waals surface area contributed by atoms with Crippen molar-refractivity contribution < 1.29 is 4.74 Å². The molecule has 21 heavy (non-hydrogen) atoms. The van der Waals surface area contributed by atoms with Crippen molar-refractivity contribution in [1.82, 2.24) is 14.9 Å².